The van der Waals surface area contributed by atoms with Gasteiger partial charge < -0.3 is 15.4 Å². The summed E-state index contributed by atoms with van der Waals surface area (Å²) in [7, 11) is 0. The number of halogens is 1. The van der Waals surface area contributed by atoms with Crippen molar-refractivity contribution in [1.82, 2.24) is 0 Å². The van der Waals surface area contributed by atoms with Crippen molar-refractivity contribution < 1.29 is 4.74 Å². The molecule has 1 aromatic carbocycles. The third kappa shape index (κ3) is 2.97. The summed E-state index contributed by atoms with van der Waals surface area (Å²) < 4.78 is 5.71. The predicted octanol–water partition coefficient (Wildman–Crippen LogP) is 2.97. The second-order valence-electron chi connectivity index (χ2n) is 5.53. The first-order chi connectivity index (χ1) is 8.39. The van der Waals surface area contributed by atoms with Crippen LogP contribution in [0.3, 0.4) is 0 Å². The molecular formula is C14H21ClN2O. The average molecular weight is 269 g/mol. The SMILES string of the molecule is C[C@@H](N)c1ccc(N2CCOC(C)(C)C2)c(Cl)c1. The Kier molecular flexibility index (Phi) is 3.85. The van der Waals surface area contributed by atoms with Crippen molar-refractivity contribution in [3.63, 3.8) is 0 Å². The van der Waals surface area contributed by atoms with Gasteiger partial charge in [0.15, 0.2) is 0 Å². The Morgan fingerprint density at radius 1 is 1.44 bits per heavy atom. The smallest absolute Gasteiger partial charge is 0.0801 e. The Hall–Kier alpha value is -0.770. The fraction of sp³-hybridized carbons (Fsp3) is 0.571. The van der Waals surface area contributed by atoms with Gasteiger partial charge in [-0.2, -0.15) is 0 Å². The van der Waals surface area contributed by atoms with Crippen LogP contribution in [0.5, 0.6) is 0 Å². The summed E-state index contributed by atoms with van der Waals surface area (Å²) in [6, 6.07) is 6.08. The minimum absolute atomic E-state index is 0.0117. The van der Waals surface area contributed by atoms with Crippen LogP contribution in [-0.2, 0) is 4.74 Å². The van der Waals surface area contributed by atoms with Crippen LogP contribution in [-0.4, -0.2) is 25.3 Å². The molecular weight excluding hydrogens is 248 g/mol. The van der Waals surface area contributed by atoms with E-state index in [1.54, 1.807) is 0 Å². The van der Waals surface area contributed by atoms with E-state index in [1.807, 2.05) is 19.1 Å². The van der Waals surface area contributed by atoms with Crippen molar-refractivity contribution in [2.75, 3.05) is 24.6 Å². The summed E-state index contributed by atoms with van der Waals surface area (Å²) in [6.07, 6.45) is 0. The molecule has 1 aliphatic heterocycles. The zero-order valence-electron chi connectivity index (χ0n) is 11.2. The molecule has 1 aromatic rings. The van der Waals surface area contributed by atoms with Crippen LogP contribution < -0.4 is 10.6 Å². The molecule has 1 atom stereocenters. The highest BCUT2D eigenvalue weighted by atomic mass is 35.5. The van der Waals surface area contributed by atoms with E-state index < -0.39 is 0 Å². The van der Waals surface area contributed by atoms with E-state index in [4.69, 9.17) is 22.1 Å². The van der Waals surface area contributed by atoms with E-state index in [9.17, 15) is 0 Å². The Morgan fingerprint density at radius 3 is 2.72 bits per heavy atom. The minimum Gasteiger partial charge on any atom is -0.372 e. The van der Waals surface area contributed by atoms with Crippen molar-refractivity contribution in [2.24, 2.45) is 5.73 Å². The predicted molar refractivity (Wildman–Crippen MR) is 76.3 cm³/mol. The minimum atomic E-state index is -0.124. The van der Waals surface area contributed by atoms with Gasteiger partial charge in [0, 0.05) is 19.1 Å². The molecule has 0 saturated carbocycles. The van der Waals surface area contributed by atoms with E-state index in [2.05, 4.69) is 24.8 Å². The second-order valence-corrected chi connectivity index (χ2v) is 5.94. The first-order valence-corrected chi connectivity index (χ1v) is 6.71. The van der Waals surface area contributed by atoms with Gasteiger partial charge >= 0.3 is 0 Å². The number of nitrogens with zero attached hydrogens (tertiary/aromatic N) is 1. The fourth-order valence-electron chi connectivity index (χ4n) is 2.28. The van der Waals surface area contributed by atoms with E-state index in [-0.39, 0.29) is 11.6 Å². The summed E-state index contributed by atoms with van der Waals surface area (Å²) in [6.45, 7) is 8.62. The molecule has 2 N–H and O–H groups in total. The first-order valence-electron chi connectivity index (χ1n) is 6.33. The number of ether oxygens (including phenoxy) is 1. The molecule has 4 heteroatoms. The van der Waals surface area contributed by atoms with Crippen LogP contribution in [0, 0.1) is 0 Å². The molecule has 1 aliphatic rings. The normalized spacial score (nSPS) is 20.8. The number of nitrogens with two attached hydrogens (primary N) is 1. The van der Waals surface area contributed by atoms with Gasteiger partial charge in [-0.15, -0.1) is 0 Å². The average Bonchev–Trinajstić information content (AvgIpc) is 2.27. The standard InChI is InChI=1S/C14H21ClN2O/c1-10(16)11-4-5-13(12(15)8-11)17-6-7-18-14(2,3)9-17/h4-5,8,10H,6-7,9,16H2,1-3H3/t10-/m1/s1. The molecule has 0 aliphatic carbocycles. The molecule has 1 heterocycles. The quantitative estimate of drug-likeness (QED) is 0.896. The molecule has 1 fully saturated rings. The van der Waals surface area contributed by atoms with Gasteiger partial charge in [0.25, 0.3) is 0 Å². The summed E-state index contributed by atoms with van der Waals surface area (Å²) in [5.41, 5.74) is 7.87. The van der Waals surface area contributed by atoms with Crippen LogP contribution >= 0.6 is 11.6 Å². The molecule has 100 valence electrons. The number of benzene rings is 1. The number of rotatable bonds is 2. The van der Waals surface area contributed by atoms with Gasteiger partial charge in [0.2, 0.25) is 0 Å². The lowest BCUT2D eigenvalue weighted by molar-refractivity contribution is -0.0276. The molecule has 0 amide bonds. The van der Waals surface area contributed by atoms with Gasteiger partial charge in [-0.1, -0.05) is 17.7 Å². The topological polar surface area (TPSA) is 38.5 Å². The number of hydrogen-bond acceptors (Lipinski definition) is 3. The highest BCUT2D eigenvalue weighted by Crippen LogP contribution is 2.31. The van der Waals surface area contributed by atoms with Crippen LogP contribution in [0.1, 0.15) is 32.4 Å². The fourth-order valence-corrected chi connectivity index (χ4v) is 2.59. The monoisotopic (exact) mass is 268 g/mol. The van der Waals surface area contributed by atoms with Gasteiger partial charge in [0.1, 0.15) is 0 Å². The van der Waals surface area contributed by atoms with Crippen molar-refractivity contribution in [3.05, 3.63) is 28.8 Å². The second kappa shape index (κ2) is 5.08. The molecule has 0 spiro atoms. The zero-order valence-corrected chi connectivity index (χ0v) is 12.0. The Labute approximate surface area is 114 Å². The highest BCUT2D eigenvalue weighted by Gasteiger charge is 2.28. The summed E-state index contributed by atoms with van der Waals surface area (Å²) in [4.78, 5) is 2.27. The van der Waals surface area contributed by atoms with Crippen molar-refractivity contribution in [2.45, 2.75) is 32.4 Å². The van der Waals surface area contributed by atoms with Crippen molar-refractivity contribution in [1.29, 1.82) is 0 Å². The lowest BCUT2D eigenvalue weighted by Crippen LogP contribution is -2.48. The van der Waals surface area contributed by atoms with Crippen LogP contribution in [0.15, 0.2) is 18.2 Å². The maximum Gasteiger partial charge on any atom is 0.0801 e. The summed E-state index contributed by atoms with van der Waals surface area (Å²) in [5.74, 6) is 0. The Bertz CT molecular complexity index is 432. The molecule has 0 aromatic heterocycles. The van der Waals surface area contributed by atoms with Crippen molar-refractivity contribution in [3.8, 4) is 0 Å². The lowest BCUT2D eigenvalue weighted by atomic mass is 10.1. The molecule has 2 rings (SSSR count). The number of anilines is 1. The molecule has 0 unspecified atom stereocenters. The summed E-state index contributed by atoms with van der Waals surface area (Å²) >= 11 is 6.36. The van der Waals surface area contributed by atoms with Gasteiger partial charge in [0.05, 0.1) is 22.9 Å². The molecule has 3 nitrogen and oxygen atoms in total. The van der Waals surface area contributed by atoms with Crippen LogP contribution in [0.25, 0.3) is 0 Å². The molecule has 1 saturated heterocycles. The largest absolute Gasteiger partial charge is 0.372 e. The third-order valence-electron chi connectivity index (χ3n) is 3.26. The van der Waals surface area contributed by atoms with E-state index in [0.29, 0.717) is 0 Å². The first kappa shape index (κ1) is 13.7. The van der Waals surface area contributed by atoms with E-state index in [0.717, 1.165) is 36.0 Å². The maximum atomic E-state index is 6.36. The Morgan fingerprint density at radius 2 is 2.17 bits per heavy atom. The number of hydrogen-bond donors (Lipinski definition) is 1. The van der Waals surface area contributed by atoms with E-state index in [1.165, 1.54) is 0 Å². The van der Waals surface area contributed by atoms with Gasteiger partial charge in [-0.25, -0.2) is 0 Å². The molecule has 0 radical (unpaired) electrons. The van der Waals surface area contributed by atoms with Gasteiger partial charge in [-0.3, -0.25) is 0 Å². The van der Waals surface area contributed by atoms with Gasteiger partial charge in [-0.05, 0) is 38.5 Å². The summed E-state index contributed by atoms with van der Waals surface area (Å²) in [5, 5.41) is 0.766. The highest BCUT2D eigenvalue weighted by molar-refractivity contribution is 6.33. The van der Waals surface area contributed by atoms with E-state index >= 15 is 0 Å². The van der Waals surface area contributed by atoms with Crippen molar-refractivity contribution >= 4 is 17.3 Å². The van der Waals surface area contributed by atoms with Crippen LogP contribution in [0.4, 0.5) is 5.69 Å². The maximum absolute atomic E-state index is 6.36. The molecule has 18 heavy (non-hydrogen) atoms. The molecule has 0 bridgehead atoms. The lowest BCUT2D eigenvalue weighted by Gasteiger charge is -2.39. The Balaban J connectivity index is 2.23. The number of morpholine rings is 1. The van der Waals surface area contributed by atoms with Crippen LogP contribution in [0.2, 0.25) is 5.02 Å². The third-order valence-corrected chi connectivity index (χ3v) is 3.57. The zero-order chi connectivity index (χ0) is 13.3.